The van der Waals surface area contributed by atoms with Crippen LogP contribution in [0.2, 0.25) is 0 Å². The second kappa shape index (κ2) is 7.98. The van der Waals surface area contributed by atoms with Crippen LogP contribution in [0.3, 0.4) is 0 Å². The molecule has 5 aromatic carbocycles. The van der Waals surface area contributed by atoms with Crippen molar-refractivity contribution in [3.8, 4) is 11.4 Å². The molecule has 0 spiro atoms. The van der Waals surface area contributed by atoms with E-state index >= 15 is 0 Å². The maximum absolute atomic E-state index is 4.92. The number of benzene rings is 5. The molecule has 0 saturated carbocycles. The topological polar surface area (TPSA) is 48.5 Å². The molecular weight excluding hydrogens is 490 g/mol. The van der Waals surface area contributed by atoms with Gasteiger partial charge in [-0.25, -0.2) is 9.97 Å². The molecular formula is C35H21N5. The molecule has 0 aliphatic rings. The van der Waals surface area contributed by atoms with E-state index in [-0.39, 0.29) is 0 Å². The summed E-state index contributed by atoms with van der Waals surface area (Å²) in [5.74, 6) is 0. The maximum Gasteiger partial charge on any atom is 0.116 e. The Morgan fingerprint density at radius 3 is 2.05 bits per heavy atom. The number of para-hydroxylation sites is 3. The van der Waals surface area contributed by atoms with E-state index in [0.717, 1.165) is 71.4 Å². The van der Waals surface area contributed by atoms with Crippen LogP contribution in [-0.4, -0.2) is 24.1 Å². The Balaban J connectivity index is 1.67. The number of pyridine rings is 1. The predicted molar refractivity (Wildman–Crippen MR) is 164 cm³/mol. The summed E-state index contributed by atoms with van der Waals surface area (Å²) in [5, 5.41) is 6.78. The maximum atomic E-state index is 4.92. The van der Waals surface area contributed by atoms with Crippen LogP contribution >= 0.6 is 0 Å². The van der Waals surface area contributed by atoms with Gasteiger partial charge in [-0.2, -0.15) is 0 Å². The van der Waals surface area contributed by atoms with Crippen LogP contribution in [0.1, 0.15) is 0 Å². The summed E-state index contributed by atoms with van der Waals surface area (Å²) in [6.07, 6.45) is 5.49. The third kappa shape index (κ3) is 2.73. The second-order valence-corrected chi connectivity index (χ2v) is 10.1. The van der Waals surface area contributed by atoms with Gasteiger partial charge in [0.15, 0.2) is 0 Å². The van der Waals surface area contributed by atoms with E-state index in [9.17, 15) is 0 Å². The van der Waals surface area contributed by atoms with E-state index in [1.807, 2.05) is 18.5 Å². The van der Waals surface area contributed by atoms with Gasteiger partial charge in [0.05, 0.1) is 38.8 Å². The molecule has 0 aliphatic heterocycles. The van der Waals surface area contributed by atoms with Gasteiger partial charge in [0, 0.05) is 50.4 Å². The van der Waals surface area contributed by atoms with Gasteiger partial charge in [-0.15, -0.1) is 0 Å². The fraction of sp³-hybridized carbons (Fsp3) is 0. The van der Waals surface area contributed by atoms with Crippen molar-refractivity contribution in [1.29, 1.82) is 0 Å². The second-order valence-electron chi connectivity index (χ2n) is 10.1. The normalized spacial score (nSPS) is 12.0. The SMILES string of the molecule is c1ccc(-n2c3ccccc3c3c4cncnc4c4c5ccccc5n(-c5cccc6ncccc56)c4c32)cc1. The first-order valence-electron chi connectivity index (χ1n) is 13.4. The van der Waals surface area contributed by atoms with E-state index in [2.05, 4.69) is 122 Å². The van der Waals surface area contributed by atoms with E-state index in [1.165, 1.54) is 5.39 Å². The first-order chi connectivity index (χ1) is 19.9. The summed E-state index contributed by atoms with van der Waals surface area (Å²) in [7, 11) is 0. The highest BCUT2D eigenvalue weighted by atomic mass is 15.0. The van der Waals surface area contributed by atoms with Gasteiger partial charge in [-0.05, 0) is 48.5 Å². The molecule has 4 aromatic heterocycles. The summed E-state index contributed by atoms with van der Waals surface area (Å²) in [6, 6.07) is 38.5. The van der Waals surface area contributed by atoms with Crippen LogP contribution in [0.5, 0.6) is 0 Å². The lowest BCUT2D eigenvalue weighted by atomic mass is 10.0. The van der Waals surface area contributed by atoms with Crippen LogP contribution in [0, 0.1) is 0 Å². The van der Waals surface area contributed by atoms with Crippen molar-refractivity contribution in [3.63, 3.8) is 0 Å². The van der Waals surface area contributed by atoms with Crippen molar-refractivity contribution in [2.75, 3.05) is 0 Å². The standard InChI is InChI=1S/C35H21N5/c1-2-10-22(11-3-1)39-29-16-6-4-12-24(29)31-26-20-36-21-38-33(26)32-25-13-5-7-17-30(25)40(35(32)34(31)39)28-18-8-15-27-23(28)14-9-19-37-27/h1-21H. The highest BCUT2D eigenvalue weighted by molar-refractivity contribution is 6.35. The zero-order valence-corrected chi connectivity index (χ0v) is 21.4. The Bertz CT molecular complexity index is 2430. The van der Waals surface area contributed by atoms with Gasteiger partial charge in [0.25, 0.3) is 0 Å². The molecule has 9 aromatic rings. The Hall–Kier alpha value is -5.55. The lowest BCUT2D eigenvalue weighted by Gasteiger charge is -2.14. The van der Waals surface area contributed by atoms with Gasteiger partial charge >= 0.3 is 0 Å². The van der Waals surface area contributed by atoms with E-state index in [4.69, 9.17) is 4.98 Å². The van der Waals surface area contributed by atoms with Crippen molar-refractivity contribution in [2.45, 2.75) is 0 Å². The third-order valence-corrected chi connectivity index (χ3v) is 8.07. The van der Waals surface area contributed by atoms with Crippen molar-refractivity contribution < 1.29 is 0 Å². The minimum absolute atomic E-state index is 0.960. The Labute approximate surface area is 228 Å². The molecule has 0 unspecified atom stereocenters. The molecule has 0 radical (unpaired) electrons. The van der Waals surface area contributed by atoms with Crippen LogP contribution in [0.25, 0.3) is 76.8 Å². The first kappa shape index (κ1) is 21.4. The molecule has 0 fully saturated rings. The molecule has 0 bridgehead atoms. The van der Waals surface area contributed by atoms with Crippen molar-refractivity contribution in [1.82, 2.24) is 24.1 Å². The number of hydrogen-bond acceptors (Lipinski definition) is 3. The van der Waals surface area contributed by atoms with Crippen molar-refractivity contribution in [2.24, 2.45) is 0 Å². The molecule has 4 heterocycles. The van der Waals surface area contributed by atoms with Gasteiger partial charge in [-0.3, -0.25) is 4.98 Å². The number of rotatable bonds is 2. The number of nitrogens with zero attached hydrogens (tertiary/aromatic N) is 5. The third-order valence-electron chi connectivity index (χ3n) is 8.07. The minimum atomic E-state index is 0.960. The smallest absolute Gasteiger partial charge is 0.116 e. The molecule has 186 valence electrons. The van der Waals surface area contributed by atoms with E-state index < -0.39 is 0 Å². The summed E-state index contributed by atoms with van der Waals surface area (Å²) < 4.78 is 4.81. The lowest BCUT2D eigenvalue weighted by molar-refractivity contribution is 1.15. The van der Waals surface area contributed by atoms with Gasteiger partial charge in [0.2, 0.25) is 0 Å². The summed E-state index contributed by atoms with van der Waals surface area (Å²) in [4.78, 5) is 14.1. The van der Waals surface area contributed by atoms with Gasteiger partial charge in [-0.1, -0.05) is 60.7 Å². The molecule has 5 heteroatoms. The molecule has 0 aliphatic carbocycles. The average Bonchev–Trinajstić information content (AvgIpc) is 3.55. The molecule has 0 saturated heterocycles. The Kier molecular flexibility index (Phi) is 4.27. The van der Waals surface area contributed by atoms with Gasteiger partial charge in [0.1, 0.15) is 6.33 Å². The highest BCUT2D eigenvalue weighted by Gasteiger charge is 2.25. The number of aromatic nitrogens is 5. The van der Waals surface area contributed by atoms with Crippen molar-refractivity contribution >= 4 is 65.4 Å². The fourth-order valence-electron chi connectivity index (χ4n) is 6.53. The first-order valence-corrected chi connectivity index (χ1v) is 13.4. The quantitative estimate of drug-likeness (QED) is 0.234. The van der Waals surface area contributed by atoms with Crippen LogP contribution in [0.15, 0.2) is 128 Å². The molecule has 40 heavy (non-hydrogen) atoms. The molecule has 0 N–H and O–H groups in total. The monoisotopic (exact) mass is 511 g/mol. The number of fused-ring (bicyclic) bond motifs is 11. The largest absolute Gasteiger partial charge is 0.307 e. The zero-order chi connectivity index (χ0) is 26.2. The zero-order valence-electron chi connectivity index (χ0n) is 21.4. The van der Waals surface area contributed by atoms with Crippen molar-refractivity contribution in [3.05, 3.63) is 128 Å². The predicted octanol–water partition coefficient (Wildman–Crippen LogP) is 8.37. The van der Waals surface area contributed by atoms with E-state index in [0.29, 0.717) is 0 Å². The summed E-state index contributed by atoms with van der Waals surface area (Å²) in [6.45, 7) is 0. The minimum Gasteiger partial charge on any atom is -0.307 e. The molecule has 0 atom stereocenters. The molecule has 9 rings (SSSR count). The fourth-order valence-corrected chi connectivity index (χ4v) is 6.53. The van der Waals surface area contributed by atoms with Gasteiger partial charge < -0.3 is 9.13 Å². The molecule has 5 nitrogen and oxygen atoms in total. The Morgan fingerprint density at radius 2 is 1.20 bits per heavy atom. The summed E-state index contributed by atoms with van der Waals surface area (Å²) >= 11 is 0. The van der Waals surface area contributed by atoms with E-state index in [1.54, 1.807) is 6.33 Å². The average molecular weight is 512 g/mol. The molecule has 0 amide bonds. The Morgan fingerprint density at radius 1 is 0.500 bits per heavy atom. The number of hydrogen-bond donors (Lipinski definition) is 0. The van der Waals surface area contributed by atoms with Crippen LogP contribution < -0.4 is 0 Å². The summed E-state index contributed by atoms with van der Waals surface area (Å²) in [5.41, 5.74) is 8.68. The lowest BCUT2D eigenvalue weighted by Crippen LogP contribution is -2.00. The highest BCUT2D eigenvalue weighted by Crippen LogP contribution is 2.46. The van der Waals surface area contributed by atoms with Crippen LogP contribution in [-0.2, 0) is 0 Å². The van der Waals surface area contributed by atoms with Crippen LogP contribution in [0.4, 0.5) is 0 Å².